The summed E-state index contributed by atoms with van der Waals surface area (Å²) < 4.78 is 0. The lowest BCUT2D eigenvalue weighted by Gasteiger charge is -2.11. The molecule has 1 aromatic heterocycles. The first-order chi connectivity index (χ1) is 9.06. The van der Waals surface area contributed by atoms with E-state index in [1.807, 2.05) is 0 Å². The average Bonchev–Trinajstić information content (AvgIpc) is 3.15. The second-order valence-electron chi connectivity index (χ2n) is 4.29. The van der Waals surface area contributed by atoms with Crippen molar-refractivity contribution in [2.45, 2.75) is 36.1 Å². The van der Waals surface area contributed by atoms with Crippen LogP contribution in [0.5, 0.6) is 0 Å². The quantitative estimate of drug-likeness (QED) is 0.836. The summed E-state index contributed by atoms with van der Waals surface area (Å²) in [6.07, 6.45) is 3.57. The van der Waals surface area contributed by atoms with Crippen LogP contribution in [0.4, 0.5) is 4.79 Å². The van der Waals surface area contributed by atoms with Crippen molar-refractivity contribution >= 4 is 35.3 Å². The summed E-state index contributed by atoms with van der Waals surface area (Å²) in [4.78, 5) is 27.3. The summed E-state index contributed by atoms with van der Waals surface area (Å²) in [5.41, 5.74) is 0. The van der Waals surface area contributed by atoms with Crippen LogP contribution in [-0.4, -0.2) is 28.2 Å². The number of urea groups is 1. The normalized spacial score (nSPS) is 15.7. The maximum absolute atomic E-state index is 11.8. The van der Waals surface area contributed by atoms with Gasteiger partial charge in [0.05, 0.1) is 10.3 Å². The smallest absolute Gasteiger partial charge is 0.321 e. The van der Waals surface area contributed by atoms with Gasteiger partial charge in [-0.3, -0.25) is 10.1 Å². The first-order valence-electron chi connectivity index (χ1n) is 5.95. The summed E-state index contributed by atoms with van der Waals surface area (Å²) in [6, 6.07) is 3.22. The Hall–Kier alpha value is -1.27. The number of carbonyl (C=O) groups is 2. The first-order valence-corrected chi connectivity index (χ1v) is 7.20. The molecule has 1 saturated carbocycles. The van der Waals surface area contributed by atoms with E-state index >= 15 is 0 Å². The second-order valence-corrected chi connectivity index (χ2v) is 6.02. The van der Waals surface area contributed by atoms with Crippen molar-refractivity contribution in [2.75, 3.05) is 0 Å². The SMILES string of the molecule is C[C@H](Sc1ncccc1Cl)C(=O)NC(=O)NC1CC1. The maximum atomic E-state index is 11.8. The Kier molecular flexibility index (Phi) is 4.66. The van der Waals surface area contributed by atoms with Crippen LogP contribution in [-0.2, 0) is 4.79 Å². The van der Waals surface area contributed by atoms with Gasteiger partial charge in [0.1, 0.15) is 5.03 Å². The minimum Gasteiger partial charge on any atom is -0.335 e. The van der Waals surface area contributed by atoms with Crippen molar-refractivity contribution in [3.05, 3.63) is 23.4 Å². The highest BCUT2D eigenvalue weighted by Gasteiger charge is 2.25. The highest BCUT2D eigenvalue weighted by Crippen LogP contribution is 2.27. The van der Waals surface area contributed by atoms with Gasteiger partial charge < -0.3 is 5.32 Å². The average molecular weight is 300 g/mol. The number of carbonyl (C=O) groups excluding carboxylic acids is 2. The second kappa shape index (κ2) is 6.25. The lowest BCUT2D eigenvalue weighted by molar-refractivity contribution is -0.119. The third kappa shape index (κ3) is 4.40. The fraction of sp³-hybridized carbons (Fsp3) is 0.417. The fourth-order valence-corrected chi connectivity index (χ4v) is 2.40. The molecule has 0 spiro atoms. The van der Waals surface area contributed by atoms with E-state index in [-0.39, 0.29) is 11.9 Å². The number of nitrogens with zero attached hydrogens (tertiary/aromatic N) is 1. The standard InChI is InChI=1S/C12H14ClN3O2S/c1-7(19-11-9(13)3-2-6-14-11)10(17)16-12(18)15-8-4-5-8/h2-3,6-8H,4-5H2,1H3,(H2,15,16,17,18)/t7-/m0/s1. The van der Waals surface area contributed by atoms with E-state index in [0.717, 1.165) is 12.8 Å². The van der Waals surface area contributed by atoms with Crippen LogP contribution in [0.3, 0.4) is 0 Å². The molecular weight excluding hydrogens is 286 g/mol. The molecule has 1 aliphatic rings. The molecule has 0 bridgehead atoms. The molecular formula is C12H14ClN3O2S. The van der Waals surface area contributed by atoms with Crippen molar-refractivity contribution < 1.29 is 9.59 Å². The van der Waals surface area contributed by atoms with Crippen LogP contribution in [0.2, 0.25) is 5.02 Å². The Balaban J connectivity index is 1.84. The van der Waals surface area contributed by atoms with Crippen LogP contribution < -0.4 is 10.6 Å². The number of pyridine rings is 1. The van der Waals surface area contributed by atoms with Gasteiger partial charge in [-0.05, 0) is 31.9 Å². The highest BCUT2D eigenvalue weighted by atomic mass is 35.5. The molecule has 19 heavy (non-hydrogen) atoms. The molecule has 1 heterocycles. The van der Waals surface area contributed by atoms with E-state index in [4.69, 9.17) is 11.6 Å². The van der Waals surface area contributed by atoms with Crippen molar-refractivity contribution in [1.82, 2.24) is 15.6 Å². The van der Waals surface area contributed by atoms with Gasteiger partial charge in [-0.1, -0.05) is 23.4 Å². The minimum atomic E-state index is -0.447. The Labute approximate surface area is 120 Å². The summed E-state index contributed by atoms with van der Waals surface area (Å²) in [5.74, 6) is -0.357. The molecule has 1 aliphatic carbocycles. The first kappa shape index (κ1) is 14.1. The maximum Gasteiger partial charge on any atom is 0.321 e. The Morgan fingerprint density at radius 3 is 2.89 bits per heavy atom. The van der Waals surface area contributed by atoms with Gasteiger partial charge in [-0.15, -0.1) is 0 Å². The minimum absolute atomic E-state index is 0.223. The molecule has 102 valence electrons. The molecule has 7 heteroatoms. The van der Waals surface area contributed by atoms with Crippen LogP contribution >= 0.6 is 23.4 Å². The molecule has 2 N–H and O–H groups in total. The zero-order valence-electron chi connectivity index (χ0n) is 10.4. The zero-order valence-corrected chi connectivity index (χ0v) is 11.9. The predicted molar refractivity (Wildman–Crippen MR) is 74.3 cm³/mol. The summed E-state index contributed by atoms with van der Waals surface area (Å²) in [5, 5.41) is 5.63. The van der Waals surface area contributed by atoms with Crippen LogP contribution in [0, 0.1) is 0 Å². The molecule has 0 saturated heterocycles. The molecule has 5 nitrogen and oxygen atoms in total. The zero-order chi connectivity index (χ0) is 13.8. The lowest BCUT2D eigenvalue weighted by atomic mass is 10.4. The van der Waals surface area contributed by atoms with Crippen LogP contribution in [0.15, 0.2) is 23.4 Å². The van der Waals surface area contributed by atoms with E-state index in [1.165, 1.54) is 11.8 Å². The molecule has 0 unspecified atom stereocenters. The largest absolute Gasteiger partial charge is 0.335 e. The number of aromatic nitrogens is 1. The monoisotopic (exact) mass is 299 g/mol. The van der Waals surface area contributed by atoms with E-state index < -0.39 is 11.3 Å². The summed E-state index contributed by atoms with van der Waals surface area (Å²) in [7, 11) is 0. The van der Waals surface area contributed by atoms with E-state index in [1.54, 1.807) is 25.3 Å². The van der Waals surface area contributed by atoms with Crippen molar-refractivity contribution in [2.24, 2.45) is 0 Å². The van der Waals surface area contributed by atoms with Gasteiger partial charge in [0.15, 0.2) is 0 Å². The predicted octanol–water partition coefficient (Wildman–Crippen LogP) is 2.20. The fourth-order valence-electron chi connectivity index (χ4n) is 1.34. The van der Waals surface area contributed by atoms with Crippen molar-refractivity contribution in [3.63, 3.8) is 0 Å². The van der Waals surface area contributed by atoms with E-state index in [9.17, 15) is 9.59 Å². The van der Waals surface area contributed by atoms with Gasteiger partial charge in [0, 0.05) is 12.2 Å². The Morgan fingerprint density at radius 1 is 1.53 bits per heavy atom. The van der Waals surface area contributed by atoms with Gasteiger partial charge in [0.25, 0.3) is 0 Å². The van der Waals surface area contributed by atoms with Crippen LogP contribution in [0.25, 0.3) is 0 Å². The Bertz CT molecular complexity index is 494. The molecule has 0 aromatic carbocycles. The van der Waals surface area contributed by atoms with Crippen molar-refractivity contribution in [3.8, 4) is 0 Å². The number of halogens is 1. The third-order valence-corrected chi connectivity index (χ3v) is 4.06. The molecule has 2 rings (SSSR count). The molecule has 0 radical (unpaired) electrons. The number of amides is 3. The Morgan fingerprint density at radius 2 is 2.26 bits per heavy atom. The molecule has 0 aliphatic heterocycles. The molecule has 1 aromatic rings. The van der Waals surface area contributed by atoms with E-state index in [2.05, 4.69) is 15.6 Å². The van der Waals surface area contributed by atoms with Crippen LogP contribution in [0.1, 0.15) is 19.8 Å². The molecule has 1 fully saturated rings. The molecule has 1 atom stereocenters. The van der Waals surface area contributed by atoms with Crippen molar-refractivity contribution in [1.29, 1.82) is 0 Å². The highest BCUT2D eigenvalue weighted by molar-refractivity contribution is 8.00. The number of imide groups is 1. The lowest BCUT2D eigenvalue weighted by Crippen LogP contribution is -2.43. The number of thioether (sulfide) groups is 1. The number of rotatable bonds is 4. The van der Waals surface area contributed by atoms with Gasteiger partial charge in [0.2, 0.25) is 5.91 Å². The van der Waals surface area contributed by atoms with E-state index in [0.29, 0.717) is 10.0 Å². The topological polar surface area (TPSA) is 71.1 Å². The van der Waals surface area contributed by atoms with Gasteiger partial charge in [-0.25, -0.2) is 9.78 Å². The number of nitrogens with one attached hydrogen (secondary N) is 2. The number of hydrogen-bond acceptors (Lipinski definition) is 4. The summed E-state index contributed by atoms with van der Waals surface area (Å²) in [6.45, 7) is 1.70. The third-order valence-electron chi connectivity index (χ3n) is 2.53. The van der Waals surface area contributed by atoms with Gasteiger partial charge >= 0.3 is 6.03 Å². The van der Waals surface area contributed by atoms with Gasteiger partial charge in [-0.2, -0.15) is 0 Å². The summed E-state index contributed by atoms with van der Waals surface area (Å²) >= 11 is 7.18. The number of hydrogen-bond donors (Lipinski definition) is 2. The molecule has 3 amide bonds.